The number of carbonyl (C=O) groups excluding carboxylic acids is 2. The topological polar surface area (TPSA) is 127 Å². The maximum absolute atomic E-state index is 10.6. The van der Waals surface area contributed by atoms with E-state index in [-0.39, 0.29) is 24.8 Å². The van der Waals surface area contributed by atoms with E-state index in [1.54, 1.807) is 0 Å². The zero-order valence-corrected chi connectivity index (χ0v) is 10.9. The fourth-order valence-electron chi connectivity index (χ4n) is 0.841. The highest BCUT2D eigenvalue weighted by atomic mass is 35.5. The van der Waals surface area contributed by atoms with Gasteiger partial charge in [0.1, 0.15) is 0 Å². The van der Waals surface area contributed by atoms with Crippen molar-refractivity contribution in [1.29, 1.82) is 0 Å². The summed E-state index contributed by atoms with van der Waals surface area (Å²) in [6.45, 7) is 1.81. The molecule has 0 aliphatic heterocycles. The van der Waals surface area contributed by atoms with Gasteiger partial charge in [-0.05, 0) is 0 Å². The molecule has 0 saturated heterocycles. The lowest BCUT2D eigenvalue weighted by molar-refractivity contribution is -0.185. The van der Waals surface area contributed by atoms with Crippen LogP contribution in [-0.4, -0.2) is 46.3 Å². The van der Waals surface area contributed by atoms with E-state index in [0.717, 1.165) is 13.8 Å². The smallest absolute Gasteiger partial charge is 0.349 e. The minimum absolute atomic E-state index is 0. The van der Waals surface area contributed by atoms with Crippen molar-refractivity contribution in [2.75, 3.05) is 0 Å². The molecule has 0 amide bonds. The van der Waals surface area contributed by atoms with Crippen molar-refractivity contribution in [3.8, 4) is 0 Å². The average Bonchev–Trinajstić information content (AvgIpc) is 2.09. The van der Waals surface area contributed by atoms with E-state index in [1.807, 2.05) is 0 Å². The molecule has 2 N–H and O–H groups in total. The molecule has 0 spiro atoms. The Morgan fingerprint density at radius 1 is 0.778 bits per heavy atom. The molecule has 0 bridgehead atoms. The SMILES string of the molecule is CC(=O)OC(C(=O)O)C(OC(C)=O)C(=O)O.Cl.Cl. The molecule has 2 atom stereocenters. The number of rotatable bonds is 5. The third-order valence-corrected chi connectivity index (χ3v) is 1.35. The van der Waals surface area contributed by atoms with E-state index in [1.165, 1.54) is 0 Å². The van der Waals surface area contributed by atoms with Gasteiger partial charge in [-0.3, -0.25) is 9.59 Å². The van der Waals surface area contributed by atoms with Gasteiger partial charge in [-0.1, -0.05) is 0 Å². The van der Waals surface area contributed by atoms with Gasteiger partial charge < -0.3 is 19.7 Å². The molecule has 0 aromatic carbocycles. The van der Waals surface area contributed by atoms with E-state index in [2.05, 4.69) is 9.47 Å². The van der Waals surface area contributed by atoms with Crippen LogP contribution in [0.25, 0.3) is 0 Å². The van der Waals surface area contributed by atoms with Crippen LogP contribution in [0.5, 0.6) is 0 Å². The van der Waals surface area contributed by atoms with Crippen molar-refractivity contribution in [2.45, 2.75) is 26.1 Å². The number of esters is 2. The number of halogens is 2. The molecule has 106 valence electrons. The van der Waals surface area contributed by atoms with Crippen molar-refractivity contribution in [3.05, 3.63) is 0 Å². The number of hydrogen-bond donors (Lipinski definition) is 2. The molecular weight excluding hydrogens is 295 g/mol. The Hall–Kier alpha value is -1.54. The Labute approximate surface area is 114 Å². The zero-order chi connectivity index (χ0) is 12.9. The van der Waals surface area contributed by atoms with Crippen LogP contribution >= 0.6 is 24.8 Å². The average molecular weight is 307 g/mol. The zero-order valence-electron chi connectivity index (χ0n) is 9.32. The van der Waals surface area contributed by atoms with Gasteiger partial charge in [0.25, 0.3) is 0 Å². The number of carbonyl (C=O) groups is 4. The van der Waals surface area contributed by atoms with Crippen LogP contribution in [0.4, 0.5) is 0 Å². The minimum atomic E-state index is -2.07. The Morgan fingerprint density at radius 3 is 1.11 bits per heavy atom. The molecule has 0 aromatic heterocycles. The highest BCUT2D eigenvalue weighted by molar-refractivity contribution is 5.87. The van der Waals surface area contributed by atoms with E-state index < -0.39 is 36.1 Å². The molecule has 0 aromatic rings. The lowest BCUT2D eigenvalue weighted by atomic mass is 10.2. The monoisotopic (exact) mass is 306 g/mol. The van der Waals surface area contributed by atoms with Crippen LogP contribution in [0.3, 0.4) is 0 Å². The maximum Gasteiger partial charge on any atom is 0.349 e. The van der Waals surface area contributed by atoms with Gasteiger partial charge in [-0.15, -0.1) is 24.8 Å². The lowest BCUT2D eigenvalue weighted by Crippen LogP contribution is -2.45. The number of ether oxygens (including phenoxy) is 2. The first-order valence-electron chi connectivity index (χ1n) is 4.05. The molecule has 0 aliphatic carbocycles. The van der Waals surface area contributed by atoms with Gasteiger partial charge >= 0.3 is 23.9 Å². The van der Waals surface area contributed by atoms with E-state index in [0.29, 0.717) is 0 Å². The largest absolute Gasteiger partial charge is 0.478 e. The van der Waals surface area contributed by atoms with Gasteiger partial charge in [0.15, 0.2) is 0 Å². The summed E-state index contributed by atoms with van der Waals surface area (Å²) in [5.41, 5.74) is 0. The molecule has 0 saturated carbocycles. The van der Waals surface area contributed by atoms with Crippen molar-refractivity contribution < 1.29 is 38.9 Å². The van der Waals surface area contributed by atoms with E-state index >= 15 is 0 Å². The Morgan fingerprint density at radius 2 is 1.00 bits per heavy atom. The summed E-state index contributed by atoms with van der Waals surface area (Å²) in [5, 5.41) is 17.2. The molecule has 0 heterocycles. The first-order chi connectivity index (χ1) is 7.25. The van der Waals surface area contributed by atoms with Crippen LogP contribution < -0.4 is 0 Å². The summed E-state index contributed by atoms with van der Waals surface area (Å²) in [4.78, 5) is 42.4. The predicted octanol–water partition coefficient (Wildman–Crippen LogP) is -0.137. The normalized spacial score (nSPS) is 11.9. The van der Waals surface area contributed by atoms with Gasteiger partial charge in [0.2, 0.25) is 12.2 Å². The van der Waals surface area contributed by atoms with Gasteiger partial charge in [-0.25, -0.2) is 9.59 Å². The molecule has 0 radical (unpaired) electrons. The fourth-order valence-corrected chi connectivity index (χ4v) is 0.841. The van der Waals surface area contributed by atoms with Crippen LogP contribution in [0.15, 0.2) is 0 Å². The predicted molar refractivity (Wildman–Crippen MR) is 60.9 cm³/mol. The quantitative estimate of drug-likeness (QED) is 0.672. The van der Waals surface area contributed by atoms with Crippen LogP contribution in [0, 0.1) is 0 Å². The molecule has 8 nitrogen and oxygen atoms in total. The Balaban J connectivity index is -0.00000112. The molecule has 2 unspecified atom stereocenters. The van der Waals surface area contributed by atoms with Crippen LogP contribution in [0.2, 0.25) is 0 Å². The summed E-state index contributed by atoms with van der Waals surface area (Å²) < 4.78 is 8.48. The third kappa shape index (κ3) is 7.69. The van der Waals surface area contributed by atoms with Crippen LogP contribution in [-0.2, 0) is 28.7 Å². The number of carboxylic acid groups (broad SMARTS) is 2. The summed E-state index contributed by atoms with van der Waals surface area (Å²) in [7, 11) is 0. The number of carboxylic acids is 2. The standard InChI is InChI=1S/C8H10O8.2ClH/c1-3(9)15-5(7(11)12)6(8(13)14)16-4(2)10;;/h5-6H,1-2H3,(H,11,12)(H,13,14);2*1H. The molecule has 18 heavy (non-hydrogen) atoms. The molecule has 0 fully saturated rings. The van der Waals surface area contributed by atoms with E-state index in [9.17, 15) is 19.2 Å². The number of aliphatic carboxylic acids is 2. The van der Waals surface area contributed by atoms with Crippen molar-refractivity contribution in [3.63, 3.8) is 0 Å². The molecule has 0 rings (SSSR count). The van der Waals surface area contributed by atoms with Crippen molar-refractivity contribution in [1.82, 2.24) is 0 Å². The summed E-state index contributed by atoms with van der Waals surface area (Å²) in [6, 6.07) is 0. The number of hydrogen-bond acceptors (Lipinski definition) is 6. The first-order valence-corrected chi connectivity index (χ1v) is 4.05. The van der Waals surface area contributed by atoms with E-state index in [4.69, 9.17) is 10.2 Å². The van der Waals surface area contributed by atoms with Gasteiger partial charge in [0.05, 0.1) is 0 Å². The van der Waals surface area contributed by atoms with Crippen molar-refractivity contribution in [2.24, 2.45) is 0 Å². The minimum Gasteiger partial charge on any atom is -0.478 e. The Bertz CT molecular complexity index is 297. The molecule has 10 heteroatoms. The molecular formula is C8H12Cl2O8. The third-order valence-electron chi connectivity index (χ3n) is 1.35. The second kappa shape index (κ2) is 9.49. The van der Waals surface area contributed by atoms with Crippen molar-refractivity contribution >= 4 is 48.7 Å². The highest BCUT2D eigenvalue weighted by Crippen LogP contribution is 2.07. The summed E-state index contributed by atoms with van der Waals surface area (Å²) >= 11 is 0. The highest BCUT2D eigenvalue weighted by Gasteiger charge is 2.39. The maximum atomic E-state index is 10.6. The summed E-state index contributed by atoms with van der Waals surface area (Å²) in [5.74, 6) is -5.43. The first kappa shape index (κ1) is 21.7. The summed E-state index contributed by atoms with van der Waals surface area (Å²) in [6.07, 6.45) is -4.14. The Kier molecular flexibility index (Phi) is 11.4. The fraction of sp³-hybridized carbons (Fsp3) is 0.500. The van der Waals surface area contributed by atoms with Gasteiger partial charge in [-0.2, -0.15) is 0 Å². The molecule has 0 aliphatic rings. The second-order valence-corrected chi connectivity index (χ2v) is 2.74. The van der Waals surface area contributed by atoms with Gasteiger partial charge in [0, 0.05) is 13.8 Å². The van der Waals surface area contributed by atoms with Crippen LogP contribution in [0.1, 0.15) is 13.8 Å². The lowest BCUT2D eigenvalue weighted by Gasteiger charge is -2.19. The second-order valence-electron chi connectivity index (χ2n) is 2.74.